The Morgan fingerprint density at radius 3 is 2.70 bits per heavy atom. The number of benzene rings is 2. The average molecular weight is 266 g/mol. The highest BCUT2D eigenvalue weighted by Gasteiger charge is 2.11. The fourth-order valence-corrected chi connectivity index (χ4v) is 2.63. The second-order valence-corrected chi connectivity index (χ2v) is 5.07. The van der Waals surface area contributed by atoms with Crippen LogP contribution in [0.3, 0.4) is 0 Å². The molecular formula is C17H18N2O. The highest BCUT2D eigenvalue weighted by Crippen LogP contribution is 2.27. The van der Waals surface area contributed by atoms with Crippen molar-refractivity contribution in [1.29, 1.82) is 0 Å². The number of rotatable bonds is 4. The van der Waals surface area contributed by atoms with Crippen molar-refractivity contribution in [2.45, 2.75) is 18.9 Å². The van der Waals surface area contributed by atoms with Crippen molar-refractivity contribution in [1.82, 2.24) is 9.78 Å². The molecule has 0 fully saturated rings. The van der Waals surface area contributed by atoms with Crippen molar-refractivity contribution < 1.29 is 5.11 Å². The zero-order valence-electron chi connectivity index (χ0n) is 11.5. The first-order chi connectivity index (χ1) is 9.75. The molecule has 0 aliphatic heterocycles. The first kappa shape index (κ1) is 12.9. The zero-order valence-corrected chi connectivity index (χ0v) is 11.5. The van der Waals surface area contributed by atoms with Gasteiger partial charge in [0.2, 0.25) is 0 Å². The molecule has 3 aromatic rings. The van der Waals surface area contributed by atoms with E-state index < -0.39 is 6.10 Å². The Morgan fingerprint density at radius 1 is 1.10 bits per heavy atom. The second kappa shape index (κ2) is 5.47. The molecule has 102 valence electrons. The van der Waals surface area contributed by atoms with Gasteiger partial charge in [-0.15, -0.1) is 0 Å². The van der Waals surface area contributed by atoms with Gasteiger partial charge in [0.25, 0.3) is 0 Å². The van der Waals surface area contributed by atoms with E-state index in [0.29, 0.717) is 6.42 Å². The minimum atomic E-state index is -0.448. The van der Waals surface area contributed by atoms with Crippen molar-refractivity contribution in [2.75, 3.05) is 0 Å². The molecule has 0 radical (unpaired) electrons. The summed E-state index contributed by atoms with van der Waals surface area (Å²) in [4.78, 5) is 0. The van der Waals surface area contributed by atoms with Gasteiger partial charge in [0.05, 0.1) is 6.10 Å². The molecule has 1 atom stereocenters. The Balaban J connectivity index is 1.82. The van der Waals surface area contributed by atoms with Crippen LogP contribution in [-0.4, -0.2) is 14.9 Å². The summed E-state index contributed by atoms with van der Waals surface area (Å²) in [5.74, 6) is 0. The van der Waals surface area contributed by atoms with Crippen molar-refractivity contribution >= 4 is 10.8 Å². The summed E-state index contributed by atoms with van der Waals surface area (Å²) < 4.78 is 1.86. The minimum absolute atomic E-state index is 0.448. The van der Waals surface area contributed by atoms with Crippen LogP contribution in [-0.2, 0) is 13.5 Å². The quantitative estimate of drug-likeness (QED) is 0.787. The predicted octanol–water partition coefficient (Wildman–Crippen LogP) is 3.24. The summed E-state index contributed by atoms with van der Waals surface area (Å²) in [6.07, 6.45) is 2.87. The zero-order chi connectivity index (χ0) is 13.9. The number of hydrogen-bond donors (Lipinski definition) is 1. The van der Waals surface area contributed by atoms with E-state index in [1.165, 1.54) is 5.39 Å². The molecule has 0 saturated carbocycles. The van der Waals surface area contributed by atoms with Crippen LogP contribution < -0.4 is 0 Å². The molecule has 3 rings (SSSR count). The van der Waals surface area contributed by atoms with E-state index in [0.717, 1.165) is 23.1 Å². The molecule has 1 N–H and O–H groups in total. The van der Waals surface area contributed by atoms with Crippen LogP contribution in [0.5, 0.6) is 0 Å². The number of nitrogens with zero attached hydrogens (tertiary/aromatic N) is 2. The van der Waals surface area contributed by atoms with Gasteiger partial charge in [-0.1, -0.05) is 42.5 Å². The van der Waals surface area contributed by atoms with Gasteiger partial charge in [-0.2, -0.15) is 5.10 Å². The SMILES string of the molecule is Cn1nccc1CCC(O)c1cccc2ccccc12. The van der Waals surface area contributed by atoms with Crippen LogP contribution in [0.15, 0.2) is 54.7 Å². The molecule has 0 bridgehead atoms. The molecule has 3 heteroatoms. The first-order valence-electron chi connectivity index (χ1n) is 6.88. The molecule has 1 unspecified atom stereocenters. The van der Waals surface area contributed by atoms with E-state index in [2.05, 4.69) is 23.3 Å². The Kier molecular flexibility index (Phi) is 3.52. The fraction of sp³-hybridized carbons (Fsp3) is 0.235. The Hall–Kier alpha value is -2.13. The molecule has 0 saturated heterocycles. The fourth-order valence-electron chi connectivity index (χ4n) is 2.63. The lowest BCUT2D eigenvalue weighted by Crippen LogP contribution is -2.04. The van der Waals surface area contributed by atoms with E-state index in [4.69, 9.17) is 0 Å². The predicted molar refractivity (Wildman–Crippen MR) is 80.4 cm³/mol. The normalized spacial score (nSPS) is 12.7. The number of aryl methyl sites for hydroxylation is 2. The number of hydrogen-bond acceptors (Lipinski definition) is 2. The molecule has 1 aromatic heterocycles. The lowest BCUT2D eigenvalue weighted by Gasteiger charge is -2.13. The molecule has 0 spiro atoms. The standard InChI is InChI=1S/C17H18N2O/c1-19-14(11-12-18-19)9-10-17(20)16-8-4-6-13-5-2-3-7-15(13)16/h2-8,11-12,17,20H,9-10H2,1H3. The second-order valence-electron chi connectivity index (χ2n) is 5.07. The van der Waals surface area contributed by atoms with Crippen LogP contribution >= 0.6 is 0 Å². The van der Waals surface area contributed by atoms with E-state index in [1.54, 1.807) is 6.20 Å². The molecule has 0 aliphatic rings. The summed E-state index contributed by atoms with van der Waals surface area (Å²) in [6.45, 7) is 0. The molecule has 20 heavy (non-hydrogen) atoms. The van der Waals surface area contributed by atoms with E-state index in [9.17, 15) is 5.11 Å². The van der Waals surface area contributed by atoms with Crippen LogP contribution in [0, 0.1) is 0 Å². The van der Waals surface area contributed by atoms with Crippen LogP contribution in [0.1, 0.15) is 23.8 Å². The largest absolute Gasteiger partial charge is 0.388 e. The van der Waals surface area contributed by atoms with Gasteiger partial charge in [0, 0.05) is 18.9 Å². The number of aromatic nitrogens is 2. The Bertz CT molecular complexity index is 712. The highest BCUT2D eigenvalue weighted by atomic mass is 16.3. The van der Waals surface area contributed by atoms with Gasteiger partial charge in [-0.05, 0) is 35.2 Å². The Morgan fingerprint density at radius 2 is 1.90 bits per heavy atom. The summed E-state index contributed by atoms with van der Waals surface area (Å²) in [6, 6.07) is 16.3. The third kappa shape index (κ3) is 2.45. The van der Waals surface area contributed by atoms with Crippen molar-refractivity contribution in [3.8, 4) is 0 Å². The summed E-state index contributed by atoms with van der Waals surface area (Å²) in [5, 5.41) is 16.9. The van der Waals surface area contributed by atoms with Crippen LogP contribution in [0.25, 0.3) is 10.8 Å². The molecule has 1 heterocycles. The molecule has 2 aromatic carbocycles. The third-order valence-corrected chi connectivity index (χ3v) is 3.78. The molecular weight excluding hydrogens is 248 g/mol. The number of aliphatic hydroxyl groups excluding tert-OH is 1. The summed E-state index contributed by atoms with van der Waals surface area (Å²) in [5.41, 5.74) is 2.15. The third-order valence-electron chi connectivity index (χ3n) is 3.78. The maximum absolute atomic E-state index is 10.5. The van der Waals surface area contributed by atoms with Gasteiger partial charge < -0.3 is 5.11 Å². The lowest BCUT2D eigenvalue weighted by molar-refractivity contribution is 0.168. The highest BCUT2D eigenvalue weighted by molar-refractivity contribution is 5.85. The summed E-state index contributed by atoms with van der Waals surface area (Å²) >= 11 is 0. The van der Waals surface area contributed by atoms with Gasteiger partial charge in [-0.25, -0.2) is 0 Å². The molecule has 0 amide bonds. The topological polar surface area (TPSA) is 38.0 Å². The monoisotopic (exact) mass is 266 g/mol. The number of aliphatic hydroxyl groups is 1. The van der Waals surface area contributed by atoms with E-state index in [-0.39, 0.29) is 0 Å². The van der Waals surface area contributed by atoms with Crippen LogP contribution in [0.4, 0.5) is 0 Å². The van der Waals surface area contributed by atoms with Gasteiger partial charge in [-0.3, -0.25) is 4.68 Å². The average Bonchev–Trinajstić information content (AvgIpc) is 2.89. The van der Waals surface area contributed by atoms with Gasteiger partial charge in [0.1, 0.15) is 0 Å². The summed E-state index contributed by atoms with van der Waals surface area (Å²) in [7, 11) is 1.93. The molecule has 3 nitrogen and oxygen atoms in total. The van der Waals surface area contributed by atoms with Crippen molar-refractivity contribution in [3.05, 3.63) is 66.0 Å². The lowest BCUT2D eigenvalue weighted by atomic mass is 9.97. The molecule has 0 aliphatic carbocycles. The van der Waals surface area contributed by atoms with Crippen LogP contribution in [0.2, 0.25) is 0 Å². The van der Waals surface area contributed by atoms with E-state index >= 15 is 0 Å². The smallest absolute Gasteiger partial charge is 0.0799 e. The number of fused-ring (bicyclic) bond motifs is 1. The van der Waals surface area contributed by atoms with Gasteiger partial charge >= 0.3 is 0 Å². The maximum Gasteiger partial charge on any atom is 0.0799 e. The van der Waals surface area contributed by atoms with Crippen molar-refractivity contribution in [2.24, 2.45) is 7.05 Å². The van der Waals surface area contributed by atoms with E-state index in [1.807, 2.05) is 42.1 Å². The first-order valence-corrected chi connectivity index (χ1v) is 6.88. The maximum atomic E-state index is 10.5. The minimum Gasteiger partial charge on any atom is -0.388 e. The van der Waals surface area contributed by atoms with Gasteiger partial charge in [0.15, 0.2) is 0 Å². The Labute approximate surface area is 118 Å². The van der Waals surface area contributed by atoms with Crippen molar-refractivity contribution in [3.63, 3.8) is 0 Å².